The molecule has 0 aromatic carbocycles. The van der Waals surface area contributed by atoms with Gasteiger partial charge in [0.05, 0.1) is 11.8 Å². The normalized spacial score (nSPS) is 26.0. The van der Waals surface area contributed by atoms with Gasteiger partial charge in [-0.2, -0.15) is 0 Å². The van der Waals surface area contributed by atoms with Gasteiger partial charge in [0.15, 0.2) is 0 Å². The fraction of sp³-hybridized carbons (Fsp3) is 0.800. The molecule has 29 heavy (non-hydrogen) atoms. The number of carbonyl (C=O) groups excluding carboxylic acids is 2. The van der Waals surface area contributed by atoms with Crippen LogP contribution in [0.4, 0.5) is 0 Å². The summed E-state index contributed by atoms with van der Waals surface area (Å²) >= 11 is 0. The van der Waals surface area contributed by atoms with Gasteiger partial charge in [-0.25, -0.2) is 17.5 Å². The van der Waals surface area contributed by atoms with E-state index in [-0.39, 0.29) is 19.0 Å². The van der Waals surface area contributed by atoms with Gasteiger partial charge in [-0.3, -0.25) is 4.79 Å². The van der Waals surface area contributed by atoms with Gasteiger partial charge in [-0.1, -0.05) is 6.42 Å². The topological polar surface area (TPSA) is 96.0 Å². The standard InChI is InChI=1S/C20H33N3O5S/c1-15-7-4-5-11-22(15)12-6-10-21-18(24)17-16(2)19(25)28-20(17)8-13-23(14-9-20)29(3,26)27/h15H,4-14H2,1-3H3,(H,21,24). The molecule has 0 aliphatic carbocycles. The van der Waals surface area contributed by atoms with Crippen molar-refractivity contribution in [2.45, 2.75) is 64.0 Å². The number of rotatable bonds is 6. The third kappa shape index (κ3) is 4.83. The van der Waals surface area contributed by atoms with Crippen LogP contribution in [0.2, 0.25) is 0 Å². The smallest absolute Gasteiger partial charge is 0.335 e. The third-order valence-corrected chi connectivity index (χ3v) is 7.80. The maximum Gasteiger partial charge on any atom is 0.335 e. The number of ether oxygens (including phenoxy) is 1. The molecule has 0 aromatic heterocycles. The molecular weight excluding hydrogens is 394 g/mol. The van der Waals surface area contributed by atoms with Gasteiger partial charge >= 0.3 is 5.97 Å². The van der Waals surface area contributed by atoms with Crippen LogP contribution in [-0.2, 0) is 24.3 Å². The molecule has 3 heterocycles. The number of amides is 1. The molecule has 164 valence electrons. The molecular formula is C20H33N3O5S. The molecule has 2 saturated heterocycles. The van der Waals surface area contributed by atoms with Crippen LogP contribution < -0.4 is 5.32 Å². The lowest BCUT2D eigenvalue weighted by Crippen LogP contribution is -2.50. The molecule has 9 heteroatoms. The largest absolute Gasteiger partial charge is 0.450 e. The number of sulfonamides is 1. The van der Waals surface area contributed by atoms with E-state index in [2.05, 4.69) is 17.1 Å². The van der Waals surface area contributed by atoms with Crippen LogP contribution in [0.15, 0.2) is 11.1 Å². The molecule has 1 N–H and O–H groups in total. The molecule has 0 bridgehead atoms. The highest BCUT2D eigenvalue weighted by molar-refractivity contribution is 7.88. The van der Waals surface area contributed by atoms with E-state index in [1.165, 1.54) is 29.8 Å². The molecule has 0 aromatic rings. The van der Waals surface area contributed by atoms with Crippen molar-refractivity contribution in [2.24, 2.45) is 0 Å². The van der Waals surface area contributed by atoms with E-state index >= 15 is 0 Å². The molecule has 2 fully saturated rings. The summed E-state index contributed by atoms with van der Waals surface area (Å²) in [4.78, 5) is 27.6. The number of hydrogen-bond acceptors (Lipinski definition) is 6. The van der Waals surface area contributed by atoms with Gasteiger partial charge in [0.25, 0.3) is 5.91 Å². The van der Waals surface area contributed by atoms with Crippen LogP contribution in [0.1, 0.15) is 52.4 Å². The van der Waals surface area contributed by atoms with Gasteiger partial charge in [-0.15, -0.1) is 0 Å². The quantitative estimate of drug-likeness (QED) is 0.503. The second-order valence-corrected chi connectivity index (χ2v) is 10.5. The Morgan fingerprint density at radius 2 is 1.93 bits per heavy atom. The van der Waals surface area contributed by atoms with Gasteiger partial charge in [0.1, 0.15) is 5.60 Å². The van der Waals surface area contributed by atoms with Crippen molar-refractivity contribution >= 4 is 21.9 Å². The summed E-state index contributed by atoms with van der Waals surface area (Å²) in [5.74, 6) is -0.752. The molecule has 0 radical (unpaired) electrons. The zero-order valence-corrected chi connectivity index (χ0v) is 18.5. The Morgan fingerprint density at radius 3 is 2.55 bits per heavy atom. The van der Waals surface area contributed by atoms with Gasteiger partial charge < -0.3 is 15.0 Å². The molecule has 3 aliphatic rings. The van der Waals surface area contributed by atoms with Crippen molar-refractivity contribution in [2.75, 3.05) is 39.0 Å². The van der Waals surface area contributed by atoms with Gasteiger partial charge in [0.2, 0.25) is 10.0 Å². The van der Waals surface area contributed by atoms with Gasteiger partial charge in [0, 0.05) is 50.6 Å². The van der Waals surface area contributed by atoms with Crippen molar-refractivity contribution in [3.8, 4) is 0 Å². The zero-order chi connectivity index (χ0) is 21.2. The van der Waals surface area contributed by atoms with Crippen molar-refractivity contribution in [3.05, 3.63) is 11.1 Å². The van der Waals surface area contributed by atoms with E-state index in [4.69, 9.17) is 4.74 Å². The summed E-state index contributed by atoms with van der Waals surface area (Å²) in [5.41, 5.74) is -0.296. The summed E-state index contributed by atoms with van der Waals surface area (Å²) in [6.45, 7) is 6.94. The summed E-state index contributed by atoms with van der Waals surface area (Å²) in [6, 6.07) is 0.591. The summed E-state index contributed by atoms with van der Waals surface area (Å²) in [6.07, 6.45) is 6.37. The zero-order valence-electron chi connectivity index (χ0n) is 17.7. The van der Waals surface area contributed by atoms with E-state index < -0.39 is 21.6 Å². The van der Waals surface area contributed by atoms with E-state index in [9.17, 15) is 18.0 Å². The highest BCUT2D eigenvalue weighted by Crippen LogP contribution is 2.41. The molecule has 8 nitrogen and oxygen atoms in total. The number of piperidine rings is 2. The van der Waals surface area contributed by atoms with Crippen molar-refractivity contribution in [1.29, 1.82) is 0 Å². The number of nitrogens with one attached hydrogen (secondary N) is 1. The van der Waals surface area contributed by atoms with E-state index in [1.54, 1.807) is 6.92 Å². The molecule has 1 spiro atoms. The van der Waals surface area contributed by atoms with Crippen LogP contribution in [0.3, 0.4) is 0 Å². The lowest BCUT2D eigenvalue weighted by molar-refractivity contribution is -0.150. The van der Waals surface area contributed by atoms with Crippen LogP contribution in [0, 0.1) is 0 Å². The van der Waals surface area contributed by atoms with Crippen molar-refractivity contribution < 1.29 is 22.7 Å². The van der Waals surface area contributed by atoms with Crippen molar-refractivity contribution in [3.63, 3.8) is 0 Å². The fourth-order valence-corrected chi connectivity index (χ4v) is 5.57. The number of carbonyl (C=O) groups is 2. The predicted octanol–water partition coefficient (Wildman–Crippen LogP) is 1.03. The number of likely N-dealkylation sites (tertiary alicyclic amines) is 1. The maximum atomic E-state index is 12.9. The number of esters is 1. The van der Waals surface area contributed by atoms with Crippen LogP contribution in [0.25, 0.3) is 0 Å². The highest BCUT2D eigenvalue weighted by atomic mass is 32.2. The first-order valence-corrected chi connectivity index (χ1v) is 12.4. The molecule has 3 aliphatic heterocycles. The first-order chi connectivity index (χ1) is 13.6. The Balaban J connectivity index is 1.58. The Kier molecular flexibility index (Phi) is 6.70. The molecule has 1 atom stereocenters. The Hall–Kier alpha value is -1.45. The Morgan fingerprint density at radius 1 is 1.24 bits per heavy atom. The van der Waals surface area contributed by atoms with Crippen molar-refractivity contribution in [1.82, 2.24) is 14.5 Å². The highest BCUT2D eigenvalue weighted by Gasteiger charge is 2.51. The van der Waals surface area contributed by atoms with Gasteiger partial charge in [-0.05, 0) is 39.7 Å². The number of hydrogen-bond donors (Lipinski definition) is 1. The third-order valence-electron chi connectivity index (χ3n) is 6.50. The van der Waals surface area contributed by atoms with E-state index in [0.29, 0.717) is 36.6 Å². The Labute approximate surface area is 173 Å². The monoisotopic (exact) mass is 427 g/mol. The molecule has 1 amide bonds. The second-order valence-electron chi connectivity index (χ2n) is 8.54. The van der Waals surface area contributed by atoms with Crippen LogP contribution >= 0.6 is 0 Å². The minimum absolute atomic E-state index is 0.239. The maximum absolute atomic E-state index is 12.9. The van der Waals surface area contributed by atoms with E-state index in [0.717, 1.165) is 19.5 Å². The summed E-state index contributed by atoms with van der Waals surface area (Å²) in [5, 5.41) is 2.96. The predicted molar refractivity (Wildman–Crippen MR) is 110 cm³/mol. The molecule has 1 unspecified atom stereocenters. The average molecular weight is 428 g/mol. The molecule has 0 saturated carbocycles. The summed E-state index contributed by atoms with van der Waals surface area (Å²) in [7, 11) is -3.30. The second kappa shape index (κ2) is 8.73. The lowest BCUT2D eigenvalue weighted by Gasteiger charge is -2.38. The first kappa shape index (κ1) is 22.2. The first-order valence-electron chi connectivity index (χ1n) is 10.6. The summed E-state index contributed by atoms with van der Waals surface area (Å²) < 4.78 is 30.5. The number of nitrogens with zero attached hydrogens (tertiary/aromatic N) is 2. The Bertz CT molecular complexity index is 784. The average Bonchev–Trinajstić information content (AvgIpc) is 2.89. The SMILES string of the molecule is CC1=C(C(=O)NCCCN2CCCCC2C)C2(CCN(S(C)(=O)=O)CC2)OC1=O. The van der Waals surface area contributed by atoms with Crippen LogP contribution in [-0.4, -0.2) is 80.1 Å². The van der Waals surface area contributed by atoms with Crippen LogP contribution in [0.5, 0.6) is 0 Å². The minimum Gasteiger partial charge on any atom is -0.450 e. The fourth-order valence-electron chi connectivity index (χ4n) is 4.72. The lowest BCUT2D eigenvalue weighted by atomic mass is 9.83. The molecule has 3 rings (SSSR count). The van der Waals surface area contributed by atoms with E-state index in [1.807, 2.05) is 0 Å². The minimum atomic E-state index is -3.30.